The molecule has 0 aliphatic heterocycles. The molecule has 1 aromatic rings. The monoisotopic (exact) mass is 450 g/mol. The van der Waals surface area contributed by atoms with Gasteiger partial charge in [-0.05, 0) is 45.4 Å². The van der Waals surface area contributed by atoms with E-state index in [0.29, 0.717) is 6.54 Å². The van der Waals surface area contributed by atoms with Crippen molar-refractivity contribution in [3.8, 4) is 0 Å². The van der Waals surface area contributed by atoms with Crippen molar-refractivity contribution in [2.45, 2.75) is 59.9 Å². The highest BCUT2D eigenvalue weighted by Crippen LogP contribution is 2.27. The molecule has 1 saturated carbocycles. The molecule has 132 valence electrons. The van der Waals surface area contributed by atoms with Crippen LogP contribution in [0.5, 0.6) is 0 Å². The average Bonchev–Trinajstić information content (AvgIpc) is 2.80. The molecular weight excluding hydrogens is 419 g/mol. The average molecular weight is 450 g/mol. The second-order valence-electron chi connectivity index (χ2n) is 6.46. The fourth-order valence-electron chi connectivity index (χ4n) is 3.20. The number of hydrogen-bond acceptors (Lipinski definition) is 3. The molecule has 1 aromatic heterocycles. The predicted octanol–water partition coefficient (Wildman–Crippen LogP) is 4.26. The molecule has 2 unspecified atom stereocenters. The minimum atomic E-state index is 0. The van der Waals surface area contributed by atoms with Gasteiger partial charge in [0.2, 0.25) is 0 Å². The van der Waals surface area contributed by atoms with Crippen LogP contribution in [-0.4, -0.2) is 24.0 Å². The number of hydrogen-bond donors (Lipinski definition) is 2. The van der Waals surface area contributed by atoms with Gasteiger partial charge < -0.3 is 10.6 Å². The third kappa shape index (κ3) is 6.95. The summed E-state index contributed by atoms with van der Waals surface area (Å²) >= 11 is 1.75. The molecule has 6 heteroatoms. The highest BCUT2D eigenvalue weighted by Gasteiger charge is 2.18. The quantitative estimate of drug-likeness (QED) is 0.401. The first-order valence-electron chi connectivity index (χ1n) is 8.53. The summed E-state index contributed by atoms with van der Waals surface area (Å²) in [6.07, 6.45) is 5.47. The second-order valence-corrected chi connectivity index (χ2v) is 7.74. The van der Waals surface area contributed by atoms with Crippen molar-refractivity contribution in [1.29, 1.82) is 0 Å². The molecule has 2 N–H and O–H groups in total. The van der Waals surface area contributed by atoms with E-state index < -0.39 is 0 Å². The van der Waals surface area contributed by atoms with Crippen LogP contribution < -0.4 is 10.6 Å². The topological polar surface area (TPSA) is 49.3 Å². The Bertz CT molecular complexity index is 501. The first kappa shape index (κ1) is 20.7. The first-order chi connectivity index (χ1) is 10.6. The molecule has 0 bridgehead atoms. The lowest BCUT2D eigenvalue weighted by Crippen LogP contribution is -2.40. The molecule has 0 spiro atoms. The summed E-state index contributed by atoms with van der Waals surface area (Å²) in [4.78, 5) is 10.5. The van der Waals surface area contributed by atoms with Crippen LogP contribution in [0.3, 0.4) is 0 Å². The van der Waals surface area contributed by atoms with E-state index in [2.05, 4.69) is 43.3 Å². The van der Waals surface area contributed by atoms with Crippen LogP contribution in [0.25, 0.3) is 0 Å². The van der Waals surface area contributed by atoms with Crippen LogP contribution >= 0.6 is 35.3 Å². The van der Waals surface area contributed by atoms with Gasteiger partial charge in [-0.1, -0.05) is 19.8 Å². The molecule has 0 saturated heterocycles. The zero-order chi connectivity index (χ0) is 15.9. The van der Waals surface area contributed by atoms with Crippen molar-refractivity contribution in [3.63, 3.8) is 0 Å². The van der Waals surface area contributed by atoms with E-state index in [1.165, 1.54) is 30.6 Å². The van der Waals surface area contributed by atoms with Gasteiger partial charge in [-0.15, -0.1) is 35.3 Å². The molecule has 2 rings (SSSR count). The normalized spacial score (nSPS) is 21.7. The molecule has 0 amide bonds. The van der Waals surface area contributed by atoms with Crippen molar-refractivity contribution in [1.82, 2.24) is 15.6 Å². The van der Waals surface area contributed by atoms with Crippen molar-refractivity contribution in [3.05, 3.63) is 15.6 Å². The maximum atomic E-state index is 4.73. The minimum absolute atomic E-state index is 0. The lowest BCUT2D eigenvalue weighted by molar-refractivity contribution is 0.282. The predicted molar refractivity (Wildman–Crippen MR) is 111 cm³/mol. The van der Waals surface area contributed by atoms with Gasteiger partial charge in [-0.3, -0.25) is 0 Å². The number of aryl methyl sites for hydroxylation is 2. The van der Waals surface area contributed by atoms with E-state index in [1.54, 1.807) is 11.3 Å². The number of halogens is 1. The van der Waals surface area contributed by atoms with Crippen LogP contribution in [0, 0.1) is 25.7 Å². The molecule has 23 heavy (non-hydrogen) atoms. The molecule has 0 aromatic carbocycles. The standard InChI is InChI=1S/C17H30N4S.HI/c1-5-18-17(19-10-15-8-6-7-12(2)9-15)20-11-16-13(3)21-14(4)22-16;/h12,15H,5-11H2,1-4H3,(H2,18,19,20);1H. The van der Waals surface area contributed by atoms with E-state index in [1.807, 2.05) is 0 Å². The Morgan fingerprint density at radius 1 is 1.30 bits per heavy atom. The first-order valence-corrected chi connectivity index (χ1v) is 9.35. The van der Waals surface area contributed by atoms with E-state index in [0.717, 1.165) is 41.6 Å². The van der Waals surface area contributed by atoms with Gasteiger partial charge in [-0.2, -0.15) is 0 Å². The van der Waals surface area contributed by atoms with E-state index >= 15 is 0 Å². The summed E-state index contributed by atoms with van der Waals surface area (Å²) in [7, 11) is 0. The number of nitrogens with one attached hydrogen (secondary N) is 2. The summed E-state index contributed by atoms with van der Waals surface area (Å²) < 4.78 is 0. The van der Waals surface area contributed by atoms with Crippen LogP contribution in [-0.2, 0) is 6.54 Å². The zero-order valence-electron chi connectivity index (χ0n) is 14.8. The van der Waals surface area contributed by atoms with Gasteiger partial charge >= 0.3 is 0 Å². The van der Waals surface area contributed by atoms with Gasteiger partial charge in [0.05, 0.1) is 17.2 Å². The maximum Gasteiger partial charge on any atom is 0.191 e. The SMILES string of the molecule is CCNC(=NCc1sc(C)nc1C)NCC1CCCC(C)C1.I. The summed E-state index contributed by atoms with van der Waals surface area (Å²) in [5.74, 6) is 2.61. The van der Waals surface area contributed by atoms with Crippen molar-refractivity contribution < 1.29 is 0 Å². The zero-order valence-corrected chi connectivity index (χ0v) is 18.0. The van der Waals surface area contributed by atoms with Crippen LogP contribution in [0.1, 0.15) is 55.1 Å². The Morgan fingerprint density at radius 3 is 2.70 bits per heavy atom. The summed E-state index contributed by atoms with van der Waals surface area (Å²) in [5.41, 5.74) is 1.11. The number of nitrogens with zero attached hydrogens (tertiary/aromatic N) is 2. The molecule has 0 radical (unpaired) electrons. The third-order valence-electron chi connectivity index (χ3n) is 4.33. The molecule has 4 nitrogen and oxygen atoms in total. The van der Waals surface area contributed by atoms with Crippen molar-refractivity contribution >= 4 is 41.3 Å². The van der Waals surface area contributed by atoms with E-state index in [4.69, 9.17) is 4.99 Å². The molecular formula is C17H31IN4S. The van der Waals surface area contributed by atoms with Crippen molar-refractivity contribution in [2.75, 3.05) is 13.1 Å². The van der Waals surface area contributed by atoms with Gasteiger partial charge in [0.15, 0.2) is 5.96 Å². The highest BCUT2D eigenvalue weighted by molar-refractivity contribution is 14.0. The van der Waals surface area contributed by atoms with E-state index in [9.17, 15) is 0 Å². The smallest absolute Gasteiger partial charge is 0.191 e. The highest BCUT2D eigenvalue weighted by atomic mass is 127. The second kappa shape index (κ2) is 10.5. The van der Waals surface area contributed by atoms with Crippen LogP contribution in [0.2, 0.25) is 0 Å². The van der Waals surface area contributed by atoms with Gasteiger partial charge in [0.1, 0.15) is 0 Å². The Balaban J connectivity index is 0.00000264. The van der Waals surface area contributed by atoms with Gasteiger partial charge in [-0.25, -0.2) is 9.98 Å². The number of thiazole rings is 1. The Hall–Kier alpha value is -0.370. The van der Waals surface area contributed by atoms with E-state index in [-0.39, 0.29) is 24.0 Å². The number of guanidine groups is 1. The maximum absolute atomic E-state index is 4.73. The third-order valence-corrected chi connectivity index (χ3v) is 5.39. The summed E-state index contributed by atoms with van der Waals surface area (Å²) in [5, 5.41) is 8.01. The molecule has 1 aliphatic rings. The largest absolute Gasteiger partial charge is 0.357 e. The summed E-state index contributed by atoms with van der Waals surface area (Å²) in [6.45, 7) is 11.3. The number of aromatic nitrogens is 1. The molecule has 1 heterocycles. The Morgan fingerprint density at radius 2 is 2.09 bits per heavy atom. The Labute approximate surface area is 162 Å². The molecule has 2 atom stereocenters. The summed E-state index contributed by atoms with van der Waals surface area (Å²) in [6, 6.07) is 0. The fraction of sp³-hybridized carbons (Fsp3) is 0.765. The van der Waals surface area contributed by atoms with Crippen LogP contribution in [0.15, 0.2) is 4.99 Å². The lowest BCUT2D eigenvalue weighted by Gasteiger charge is -2.27. The Kier molecular flexibility index (Phi) is 9.43. The minimum Gasteiger partial charge on any atom is -0.357 e. The van der Waals surface area contributed by atoms with Gasteiger partial charge in [0.25, 0.3) is 0 Å². The lowest BCUT2D eigenvalue weighted by atomic mass is 9.82. The molecule has 1 aliphatic carbocycles. The van der Waals surface area contributed by atoms with Gasteiger partial charge in [0, 0.05) is 18.0 Å². The number of aliphatic imine (C=N–C) groups is 1. The van der Waals surface area contributed by atoms with Crippen LogP contribution in [0.4, 0.5) is 0 Å². The fourth-order valence-corrected chi connectivity index (χ4v) is 4.06. The number of rotatable bonds is 5. The molecule has 1 fully saturated rings. The van der Waals surface area contributed by atoms with Crippen molar-refractivity contribution in [2.24, 2.45) is 16.8 Å².